The number of rotatable bonds is 9. The van der Waals surface area contributed by atoms with Gasteiger partial charge in [0.25, 0.3) is 0 Å². The highest BCUT2D eigenvalue weighted by atomic mass is 35.5. The van der Waals surface area contributed by atoms with Gasteiger partial charge in [0, 0.05) is 18.5 Å². The van der Waals surface area contributed by atoms with Crippen LogP contribution >= 0.6 is 11.6 Å². The topological polar surface area (TPSA) is 117 Å². The van der Waals surface area contributed by atoms with Crippen LogP contribution in [0.4, 0.5) is 23.1 Å². The Balaban J connectivity index is 1.42. The Morgan fingerprint density at radius 2 is 1.86 bits per heavy atom. The van der Waals surface area contributed by atoms with Crippen molar-refractivity contribution in [2.24, 2.45) is 0 Å². The summed E-state index contributed by atoms with van der Waals surface area (Å²) in [6.45, 7) is 12.0. The number of nitrogens with one attached hydrogen (secondary N) is 2. The number of piperidine rings is 1. The number of ether oxygens (including phenoxy) is 1. The Hall–Kier alpha value is -2.92. The van der Waals surface area contributed by atoms with Crippen LogP contribution in [-0.4, -0.2) is 65.5 Å². The number of halogens is 1. The molecule has 1 fully saturated rings. The first kappa shape index (κ1) is 30.5. The van der Waals surface area contributed by atoms with Gasteiger partial charge in [-0.25, -0.2) is 13.4 Å². The number of fused-ring (bicyclic) bond motifs is 1. The number of nitrogens with zero attached hydrogens (tertiary/aromatic N) is 3. The molecule has 0 unspecified atom stereocenters. The lowest BCUT2D eigenvalue weighted by molar-refractivity contribution is 0.109. The van der Waals surface area contributed by atoms with Crippen LogP contribution in [0.2, 0.25) is 5.02 Å². The van der Waals surface area contributed by atoms with Gasteiger partial charge in [-0.2, -0.15) is 4.98 Å². The molecule has 0 saturated carbocycles. The van der Waals surface area contributed by atoms with E-state index in [0.29, 0.717) is 29.9 Å². The maximum absolute atomic E-state index is 13.0. The molecule has 2 atom stereocenters. The molecule has 0 radical (unpaired) electrons. The summed E-state index contributed by atoms with van der Waals surface area (Å²) >= 11 is 6.45. The number of aliphatic hydroxyl groups excluding tert-OH is 1. The average Bonchev–Trinajstić information content (AvgIpc) is 3.32. The van der Waals surface area contributed by atoms with E-state index in [1.807, 2.05) is 6.92 Å². The highest BCUT2D eigenvalue weighted by Gasteiger charge is 2.32. The molecule has 0 amide bonds. The molecule has 11 heteroatoms. The maximum atomic E-state index is 13.0. The summed E-state index contributed by atoms with van der Waals surface area (Å²) in [7, 11) is -3.53. The second-order valence-corrected chi connectivity index (χ2v) is 14.6. The van der Waals surface area contributed by atoms with Gasteiger partial charge in [-0.3, -0.25) is 0 Å². The van der Waals surface area contributed by atoms with Crippen LogP contribution in [0.25, 0.3) is 0 Å². The minimum absolute atomic E-state index is 0.0548. The van der Waals surface area contributed by atoms with Crippen LogP contribution in [-0.2, 0) is 16.3 Å². The zero-order valence-electron chi connectivity index (χ0n) is 24.8. The van der Waals surface area contributed by atoms with Crippen molar-refractivity contribution in [3.05, 3.63) is 58.2 Å². The Labute approximate surface area is 253 Å². The summed E-state index contributed by atoms with van der Waals surface area (Å²) in [6, 6.07) is 8.83. The molecule has 1 aromatic heterocycles. The molecule has 0 aliphatic carbocycles. The average molecular weight is 614 g/mol. The van der Waals surface area contributed by atoms with Crippen molar-refractivity contribution in [3.8, 4) is 5.75 Å². The van der Waals surface area contributed by atoms with E-state index in [2.05, 4.69) is 45.4 Å². The first-order chi connectivity index (χ1) is 19.9. The van der Waals surface area contributed by atoms with Crippen molar-refractivity contribution in [2.75, 3.05) is 30.3 Å². The minimum Gasteiger partial charge on any atom is -0.488 e. The zero-order chi connectivity index (χ0) is 30.2. The molecule has 226 valence electrons. The standard InChI is InChI=1S/C31H40ClN5O4S/c1-18(2)42(39,40)27-9-7-6-8-25(27)34-30-24(32)16-33-31(36-30)35-26-14-19(3)28(23-15-21(5)41-29(23)26)22-10-12-37(13-11-22)17-20(4)38/h6-9,14,16,18,20-22,38H,10-13,15,17H2,1-5H3,(H2,33,34,35,36)/t20-,21+/m0/s1. The second kappa shape index (κ2) is 12.4. The third-order valence-corrected chi connectivity index (χ3v) is 10.5. The van der Waals surface area contributed by atoms with Crippen molar-refractivity contribution in [3.63, 3.8) is 0 Å². The van der Waals surface area contributed by atoms with Gasteiger partial charge in [-0.15, -0.1) is 0 Å². The van der Waals surface area contributed by atoms with E-state index in [-0.39, 0.29) is 22.1 Å². The molecule has 5 rings (SSSR count). The molecule has 2 aliphatic rings. The van der Waals surface area contributed by atoms with E-state index in [0.717, 1.165) is 43.8 Å². The van der Waals surface area contributed by atoms with Crippen molar-refractivity contribution < 1.29 is 18.3 Å². The number of β-amino-alcohol motifs (C(OH)–C–C–N with tert-alkyl or cyclic N) is 1. The van der Waals surface area contributed by atoms with E-state index in [9.17, 15) is 13.5 Å². The highest BCUT2D eigenvalue weighted by Crippen LogP contribution is 2.46. The molecule has 1 saturated heterocycles. The SMILES string of the molecule is Cc1cc(Nc2ncc(Cl)c(Nc3ccccc3S(=O)(=O)C(C)C)n2)c2c(c1C1CCN(C[C@H](C)O)CC1)C[C@@H](C)O2. The van der Waals surface area contributed by atoms with Gasteiger partial charge in [-0.05, 0) is 95.8 Å². The van der Waals surface area contributed by atoms with E-state index in [1.165, 1.54) is 22.9 Å². The van der Waals surface area contributed by atoms with E-state index < -0.39 is 15.1 Å². The zero-order valence-corrected chi connectivity index (χ0v) is 26.4. The van der Waals surface area contributed by atoms with Crippen molar-refractivity contribution in [1.82, 2.24) is 14.9 Å². The van der Waals surface area contributed by atoms with Gasteiger partial charge in [0.2, 0.25) is 5.95 Å². The van der Waals surface area contributed by atoms with Gasteiger partial charge in [0.1, 0.15) is 16.9 Å². The van der Waals surface area contributed by atoms with Gasteiger partial charge in [0.05, 0.1) is 33.8 Å². The first-order valence-electron chi connectivity index (χ1n) is 14.6. The fourth-order valence-electron chi connectivity index (χ4n) is 6.02. The second-order valence-electron chi connectivity index (χ2n) is 11.7. The summed E-state index contributed by atoms with van der Waals surface area (Å²) in [5.74, 6) is 1.88. The molecule has 9 nitrogen and oxygen atoms in total. The summed E-state index contributed by atoms with van der Waals surface area (Å²) in [6.07, 6.45) is 4.16. The molecule has 3 N–H and O–H groups in total. The van der Waals surface area contributed by atoms with Crippen LogP contribution in [0.1, 0.15) is 63.1 Å². The number of anilines is 4. The van der Waals surface area contributed by atoms with Crippen LogP contribution in [0.3, 0.4) is 0 Å². The van der Waals surface area contributed by atoms with Crippen LogP contribution in [0.5, 0.6) is 5.75 Å². The maximum Gasteiger partial charge on any atom is 0.229 e. The summed E-state index contributed by atoms with van der Waals surface area (Å²) in [5.41, 5.74) is 5.00. The number of hydrogen-bond donors (Lipinski definition) is 3. The molecule has 3 aromatic rings. The van der Waals surface area contributed by atoms with E-state index in [1.54, 1.807) is 38.1 Å². The highest BCUT2D eigenvalue weighted by molar-refractivity contribution is 7.92. The van der Waals surface area contributed by atoms with Crippen LogP contribution in [0, 0.1) is 6.92 Å². The number of para-hydroxylation sites is 1. The predicted octanol–water partition coefficient (Wildman–Crippen LogP) is 5.99. The van der Waals surface area contributed by atoms with Crippen molar-refractivity contribution in [1.29, 1.82) is 0 Å². The van der Waals surface area contributed by atoms with Gasteiger partial charge >= 0.3 is 0 Å². The normalized spacial score (nSPS) is 18.5. The van der Waals surface area contributed by atoms with Crippen molar-refractivity contribution >= 4 is 44.6 Å². The number of aryl methyl sites for hydroxylation is 1. The smallest absolute Gasteiger partial charge is 0.229 e. The Kier molecular flexibility index (Phi) is 8.99. The van der Waals surface area contributed by atoms with Crippen LogP contribution in [0.15, 0.2) is 41.4 Å². The van der Waals surface area contributed by atoms with Gasteiger partial charge in [-0.1, -0.05) is 23.7 Å². The largest absolute Gasteiger partial charge is 0.488 e. The van der Waals surface area contributed by atoms with Crippen molar-refractivity contribution in [2.45, 2.75) is 82.2 Å². The molecule has 3 heterocycles. The molecule has 42 heavy (non-hydrogen) atoms. The van der Waals surface area contributed by atoms with E-state index >= 15 is 0 Å². The number of aromatic nitrogens is 2. The Bertz CT molecular complexity index is 1560. The molecule has 2 aliphatic heterocycles. The number of likely N-dealkylation sites (tertiary alicyclic amines) is 1. The van der Waals surface area contributed by atoms with E-state index in [4.69, 9.17) is 16.3 Å². The predicted molar refractivity (Wildman–Crippen MR) is 167 cm³/mol. The first-order valence-corrected chi connectivity index (χ1v) is 16.5. The summed E-state index contributed by atoms with van der Waals surface area (Å²) < 4.78 is 32.2. The number of aliphatic hydroxyl groups is 1. The van der Waals surface area contributed by atoms with Gasteiger partial charge in [0.15, 0.2) is 15.7 Å². The summed E-state index contributed by atoms with van der Waals surface area (Å²) in [4.78, 5) is 11.5. The molecular formula is C31H40ClN5O4S. The van der Waals surface area contributed by atoms with Gasteiger partial charge < -0.3 is 25.4 Å². The molecule has 2 aromatic carbocycles. The summed E-state index contributed by atoms with van der Waals surface area (Å²) in [5, 5.41) is 15.9. The van der Waals surface area contributed by atoms with Crippen LogP contribution < -0.4 is 15.4 Å². The monoisotopic (exact) mass is 613 g/mol. The fraction of sp³-hybridized carbons (Fsp3) is 0.484. The fourth-order valence-corrected chi connectivity index (χ4v) is 7.36. The molecule has 0 spiro atoms. The third-order valence-electron chi connectivity index (χ3n) is 8.02. The number of benzene rings is 2. The Morgan fingerprint density at radius 3 is 2.55 bits per heavy atom. The molecular weight excluding hydrogens is 574 g/mol. The minimum atomic E-state index is -3.53. The quantitative estimate of drug-likeness (QED) is 0.267. The third kappa shape index (κ3) is 6.37. The number of sulfone groups is 1. The lowest BCUT2D eigenvalue weighted by Gasteiger charge is -2.34. The molecule has 0 bridgehead atoms. The Morgan fingerprint density at radius 1 is 1.14 bits per heavy atom. The number of hydrogen-bond acceptors (Lipinski definition) is 9. The lowest BCUT2D eigenvalue weighted by atomic mass is 9.82. The lowest BCUT2D eigenvalue weighted by Crippen LogP contribution is -2.37.